The minimum absolute atomic E-state index is 0.122. The quantitative estimate of drug-likeness (QED) is 0.719. The average Bonchev–Trinajstić information content (AvgIpc) is 2.36. The monoisotopic (exact) mass is 375 g/mol. The number of hydrogen-bond acceptors (Lipinski definition) is 3. The largest absolute Gasteiger partial charge is 0.355 e. The van der Waals surface area contributed by atoms with Crippen LogP contribution in [0.3, 0.4) is 0 Å². The molecule has 0 atom stereocenters. The number of amides is 1. The molecule has 0 spiro atoms. The number of carbonyl (C=O) groups is 1. The molecule has 0 saturated carbocycles. The highest BCUT2D eigenvalue weighted by molar-refractivity contribution is 9.10. The Morgan fingerprint density at radius 1 is 1.30 bits per heavy atom. The smallest absolute Gasteiger partial charge is 0.230 e. The molecule has 0 saturated heterocycles. The van der Waals surface area contributed by atoms with Gasteiger partial charge in [-0.1, -0.05) is 54.9 Å². The Bertz CT molecular complexity index is 432. The van der Waals surface area contributed by atoms with Gasteiger partial charge in [0.1, 0.15) is 0 Å². The Labute approximate surface area is 139 Å². The third kappa shape index (κ3) is 8.22. The van der Waals surface area contributed by atoms with E-state index in [0.29, 0.717) is 5.75 Å². The van der Waals surface area contributed by atoms with Crippen molar-refractivity contribution in [3.8, 4) is 0 Å². The predicted molar refractivity (Wildman–Crippen MR) is 95.5 cm³/mol. The Balaban J connectivity index is 2.13. The maximum absolute atomic E-state index is 11.7. The molecule has 5 heteroatoms. The van der Waals surface area contributed by atoms with Crippen LogP contribution in [0.5, 0.6) is 0 Å². The van der Waals surface area contributed by atoms with Crippen LogP contribution in [0.25, 0.3) is 0 Å². The molecule has 0 aliphatic heterocycles. The molecule has 112 valence electrons. The number of benzene rings is 1. The van der Waals surface area contributed by atoms with E-state index < -0.39 is 0 Å². The summed E-state index contributed by atoms with van der Waals surface area (Å²) in [5.74, 6) is 2.45. The van der Waals surface area contributed by atoms with Gasteiger partial charge < -0.3 is 5.32 Å². The Morgan fingerprint density at radius 3 is 2.65 bits per heavy atom. The summed E-state index contributed by atoms with van der Waals surface area (Å²) >= 11 is 7.03. The first kappa shape index (κ1) is 17.9. The summed E-state index contributed by atoms with van der Waals surface area (Å²) in [7, 11) is 0. The van der Waals surface area contributed by atoms with Gasteiger partial charge in [0.25, 0.3) is 0 Å². The molecular weight excluding hydrogens is 354 g/mol. The van der Waals surface area contributed by atoms with E-state index in [1.807, 2.05) is 30.0 Å². The van der Waals surface area contributed by atoms with Crippen molar-refractivity contribution < 1.29 is 4.79 Å². The van der Waals surface area contributed by atoms with Gasteiger partial charge >= 0.3 is 0 Å². The summed E-state index contributed by atoms with van der Waals surface area (Å²) in [6.07, 6.45) is 0. The molecular formula is C15H22BrNOS2. The van der Waals surface area contributed by atoms with E-state index >= 15 is 0 Å². The lowest BCUT2D eigenvalue weighted by Crippen LogP contribution is -2.28. The van der Waals surface area contributed by atoms with Crippen LogP contribution in [0.15, 0.2) is 28.7 Å². The van der Waals surface area contributed by atoms with E-state index in [-0.39, 0.29) is 10.7 Å². The summed E-state index contributed by atoms with van der Waals surface area (Å²) in [5, 5.41) is 2.96. The van der Waals surface area contributed by atoms with Crippen molar-refractivity contribution in [2.24, 2.45) is 0 Å². The van der Waals surface area contributed by atoms with Gasteiger partial charge in [-0.2, -0.15) is 11.8 Å². The number of halogens is 1. The molecule has 1 amide bonds. The SMILES string of the molecule is CC(C)(C)SCCNC(=O)CSCc1ccccc1Br. The van der Waals surface area contributed by atoms with Crippen molar-refractivity contribution in [1.29, 1.82) is 0 Å². The fraction of sp³-hybridized carbons (Fsp3) is 0.533. The van der Waals surface area contributed by atoms with Crippen molar-refractivity contribution in [3.63, 3.8) is 0 Å². The van der Waals surface area contributed by atoms with Gasteiger partial charge in [0, 0.05) is 27.3 Å². The number of thioether (sulfide) groups is 2. The second-order valence-electron chi connectivity index (χ2n) is 5.39. The van der Waals surface area contributed by atoms with Gasteiger partial charge in [-0.05, 0) is 11.6 Å². The topological polar surface area (TPSA) is 29.1 Å². The summed E-state index contributed by atoms with van der Waals surface area (Å²) in [6.45, 7) is 7.31. The van der Waals surface area contributed by atoms with Crippen LogP contribution < -0.4 is 5.32 Å². The molecule has 20 heavy (non-hydrogen) atoms. The van der Waals surface area contributed by atoms with E-state index in [1.54, 1.807) is 11.8 Å². The maximum Gasteiger partial charge on any atom is 0.230 e. The third-order valence-corrected chi connectivity index (χ3v) is 5.44. The zero-order valence-electron chi connectivity index (χ0n) is 12.2. The van der Waals surface area contributed by atoms with Crippen LogP contribution in [0.2, 0.25) is 0 Å². The summed E-state index contributed by atoms with van der Waals surface area (Å²) < 4.78 is 1.37. The van der Waals surface area contributed by atoms with Gasteiger partial charge in [0.05, 0.1) is 5.75 Å². The Hall–Kier alpha value is -0.130. The van der Waals surface area contributed by atoms with Gasteiger partial charge in [-0.3, -0.25) is 4.79 Å². The van der Waals surface area contributed by atoms with E-state index in [0.717, 1.165) is 22.5 Å². The third-order valence-electron chi connectivity index (χ3n) is 2.41. The lowest BCUT2D eigenvalue weighted by molar-refractivity contribution is -0.118. The highest BCUT2D eigenvalue weighted by atomic mass is 79.9. The molecule has 0 unspecified atom stereocenters. The molecule has 0 aliphatic rings. The zero-order chi connectivity index (χ0) is 15.0. The Morgan fingerprint density at radius 2 is 2.00 bits per heavy atom. The number of rotatable bonds is 7. The van der Waals surface area contributed by atoms with Crippen molar-refractivity contribution in [2.75, 3.05) is 18.1 Å². The molecule has 0 radical (unpaired) electrons. The van der Waals surface area contributed by atoms with Crippen molar-refractivity contribution in [2.45, 2.75) is 31.3 Å². The molecule has 0 bridgehead atoms. The van der Waals surface area contributed by atoms with Crippen LogP contribution in [-0.2, 0) is 10.5 Å². The molecule has 0 aliphatic carbocycles. The van der Waals surface area contributed by atoms with Gasteiger partial charge in [-0.15, -0.1) is 11.8 Å². The molecule has 1 aromatic rings. The van der Waals surface area contributed by atoms with E-state index in [2.05, 4.69) is 48.1 Å². The molecule has 1 N–H and O–H groups in total. The summed E-state index contributed by atoms with van der Waals surface area (Å²) in [6, 6.07) is 8.12. The standard InChI is InChI=1S/C15H22BrNOS2/c1-15(2,3)20-9-8-17-14(18)11-19-10-12-6-4-5-7-13(12)16/h4-7H,8-11H2,1-3H3,(H,17,18). The molecule has 0 aromatic heterocycles. The number of nitrogens with one attached hydrogen (secondary N) is 1. The lowest BCUT2D eigenvalue weighted by atomic mass is 10.2. The zero-order valence-corrected chi connectivity index (χ0v) is 15.5. The fourth-order valence-electron chi connectivity index (χ4n) is 1.47. The molecule has 1 rings (SSSR count). The van der Waals surface area contributed by atoms with Crippen LogP contribution >= 0.6 is 39.5 Å². The van der Waals surface area contributed by atoms with Crippen LogP contribution in [0, 0.1) is 0 Å². The minimum Gasteiger partial charge on any atom is -0.355 e. The molecule has 2 nitrogen and oxygen atoms in total. The van der Waals surface area contributed by atoms with Crippen LogP contribution in [0.4, 0.5) is 0 Å². The lowest BCUT2D eigenvalue weighted by Gasteiger charge is -2.17. The normalized spacial score (nSPS) is 11.4. The van der Waals surface area contributed by atoms with E-state index in [1.165, 1.54) is 5.56 Å². The fourth-order valence-corrected chi connectivity index (χ4v) is 3.76. The molecule has 0 heterocycles. The van der Waals surface area contributed by atoms with E-state index in [9.17, 15) is 4.79 Å². The van der Waals surface area contributed by atoms with Crippen LogP contribution in [0.1, 0.15) is 26.3 Å². The van der Waals surface area contributed by atoms with Crippen molar-refractivity contribution in [3.05, 3.63) is 34.3 Å². The van der Waals surface area contributed by atoms with E-state index in [4.69, 9.17) is 0 Å². The first-order valence-corrected chi connectivity index (χ1v) is 9.53. The van der Waals surface area contributed by atoms with Crippen molar-refractivity contribution in [1.82, 2.24) is 5.32 Å². The summed E-state index contributed by atoms with van der Waals surface area (Å²) in [5.41, 5.74) is 1.23. The highest BCUT2D eigenvalue weighted by Gasteiger charge is 2.10. The molecule has 0 fully saturated rings. The number of hydrogen-bond donors (Lipinski definition) is 1. The second-order valence-corrected chi connectivity index (χ2v) is 9.16. The van der Waals surface area contributed by atoms with Gasteiger partial charge in [-0.25, -0.2) is 0 Å². The number of carbonyl (C=O) groups excluding carboxylic acids is 1. The van der Waals surface area contributed by atoms with Gasteiger partial charge in [0.15, 0.2) is 0 Å². The first-order valence-electron chi connectivity index (χ1n) is 6.60. The maximum atomic E-state index is 11.7. The predicted octanol–water partition coefficient (Wildman–Crippen LogP) is 4.33. The van der Waals surface area contributed by atoms with Crippen LogP contribution in [-0.4, -0.2) is 28.7 Å². The molecule has 1 aromatic carbocycles. The summed E-state index contributed by atoms with van der Waals surface area (Å²) in [4.78, 5) is 11.7. The highest BCUT2D eigenvalue weighted by Crippen LogP contribution is 2.22. The second kappa shape index (κ2) is 9.00. The minimum atomic E-state index is 0.122. The average molecular weight is 376 g/mol. The van der Waals surface area contributed by atoms with Gasteiger partial charge in [0.2, 0.25) is 5.91 Å². The van der Waals surface area contributed by atoms with Crippen molar-refractivity contribution >= 4 is 45.4 Å². The Kier molecular flexibility index (Phi) is 8.07. The first-order chi connectivity index (χ1) is 9.38.